The monoisotopic (exact) mass is 552 g/mol. The fourth-order valence-electron chi connectivity index (χ4n) is 6.42. The van der Waals surface area contributed by atoms with Gasteiger partial charge in [0.05, 0.1) is 19.3 Å². The Hall–Kier alpha value is -2.67. The van der Waals surface area contributed by atoms with Crippen molar-refractivity contribution >= 4 is 17.8 Å². The second kappa shape index (κ2) is 13.8. The van der Waals surface area contributed by atoms with E-state index in [2.05, 4.69) is 26.1 Å². The molecule has 2 aliphatic heterocycles. The number of methoxy groups -OCH3 is 1. The molecule has 4 atom stereocenters. The van der Waals surface area contributed by atoms with Gasteiger partial charge in [-0.05, 0) is 49.2 Å². The van der Waals surface area contributed by atoms with Crippen LogP contribution in [0.3, 0.4) is 0 Å². The van der Waals surface area contributed by atoms with Gasteiger partial charge in [-0.2, -0.15) is 0 Å². The number of carbonyl (C=O) groups excluding carboxylic acids is 3. The minimum Gasteiger partial charge on any atom is -0.468 e. The lowest BCUT2D eigenvalue weighted by molar-refractivity contribution is -0.182. The van der Waals surface area contributed by atoms with Crippen molar-refractivity contribution in [1.82, 2.24) is 10.2 Å². The molecule has 1 saturated carbocycles. The number of carbonyl (C=O) groups is 3. The molecule has 3 aliphatic rings. The summed E-state index contributed by atoms with van der Waals surface area (Å²) in [7, 11) is 1.42. The first kappa shape index (κ1) is 30.3. The van der Waals surface area contributed by atoms with E-state index in [0.29, 0.717) is 13.1 Å². The number of benzene rings is 1. The van der Waals surface area contributed by atoms with Crippen molar-refractivity contribution in [1.29, 1.82) is 0 Å². The van der Waals surface area contributed by atoms with E-state index >= 15 is 0 Å². The summed E-state index contributed by atoms with van der Waals surface area (Å²) >= 11 is 0. The van der Waals surface area contributed by atoms with Crippen molar-refractivity contribution in [3.63, 3.8) is 0 Å². The lowest BCUT2D eigenvalue weighted by Crippen LogP contribution is -2.62. The van der Waals surface area contributed by atoms with Gasteiger partial charge in [0, 0.05) is 31.1 Å². The van der Waals surface area contributed by atoms with Gasteiger partial charge < -0.3 is 19.7 Å². The van der Waals surface area contributed by atoms with E-state index in [4.69, 9.17) is 9.47 Å². The molecule has 0 unspecified atom stereocenters. The van der Waals surface area contributed by atoms with E-state index in [1.807, 2.05) is 41.3 Å². The van der Waals surface area contributed by atoms with Crippen LogP contribution in [0.25, 0.3) is 0 Å². The number of ether oxygens (including phenoxy) is 2. The van der Waals surface area contributed by atoms with Gasteiger partial charge in [0.2, 0.25) is 11.8 Å². The van der Waals surface area contributed by atoms with Crippen LogP contribution in [-0.4, -0.2) is 48.5 Å². The molecule has 40 heavy (non-hydrogen) atoms. The summed E-state index contributed by atoms with van der Waals surface area (Å²) in [5.74, 6) is -0.764. The standard InChI is InChI=1S/C33H48N2O5/c1-5-6-7-8-9-13-18-35-28-20-27(23(2)3)40-30(25-16-17-25)33(28,32(38)39-4)21-26(31(35)37)19-29(36)34-22-24-14-11-10-12-15-24/h10-12,14-15,20,23,25-27,30H,5-9,13,16-19,21-22H2,1-4H3,(H,34,36)/t26-,27+,30+,33+/m0/s1. The first-order valence-corrected chi connectivity index (χ1v) is 15.4. The normalized spacial score (nSPS) is 26.3. The molecule has 0 bridgehead atoms. The van der Waals surface area contributed by atoms with E-state index in [1.165, 1.54) is 26.4 Å². The summed E-state index contributed by atoms with van der Waals surface area (Å²) in [5.41, 5.74) is 0.670. The predicted molar refractivity (Wildman–Crippen MR) is 155 cm³/mol. The Morgan fingerprint density at radius 3 is 2.45 bits per heavy atom. The molecule has 1 aromatic carbocycles. The van der Waals surface area contributed by atoms with Gasteiger partial charge in [0.15, 0.2) is 0 Å². The zero-order valence-corrected chi connectivity index (χ0v) is 24.8. The summed E-state index contributed by atoms with van der Waals surface area (Å²) in [6, 6.07) is 9.73. The molecule has 7 heteroatoms. The zero-order valence-electron chi connectivity index (χ0n) is 24.8. The highest BCUT2D eigenvalue weighted by molar-refractivity contribution is 5.92. The van der Waals surface area contributed by atoms with Crippen LogP contribution in [0.2, 0.25) is 0 Å². The van der Waals surface area contributed by atoms with Crippen molar-refractivity contribution in [3.05, 3.63) is 47.7 Å². The van der Waals surface area contributed by atoms with E-state index in [-0.39, 0.29) is 54.7 Å². The Balaban J connectivity index is 1.62. The molecule has 1 N–H and O–H groups in total. The predicted octanol–water partition coefficient (Wildman–Crippen LogP) is 5.78. The van der Waals surface area contributed by atoms with Crippen LogP contribution >= 0.6 is 0 Å². The largest absolute Gasteiger partial charge is 0.468 e. The highest BCUT2D eigenvalue weighted by Crippen LogP contribution is 2.56. The van der Waals surface area contributed by atoms with Gasteiger partial charge in [0.1, 0.15) is 5.41 Å². The Labute approximate surface area is 240 Å². The molecule has 4 rings (SSSR count). The van der Waals surface area contributed by atoms with Gasteiger partial charge in [-0.1, -0.05) is 83.2 Å². The van der Waals surface area contributed by atoms with Gasteiger partial charge in [-0.25, -0.2) is 0 Å². The second-order valence-electron chi connectivity index (χ2n) is 12.2. The topological polar surface area (TPSA) is 84.9 Å². The van der Waals surface area contributed by atoms with E-state index in [0.717, 1.165) is 43.4 Å². The maximum absolute atomic E-state index is 14.1. The molecular formula is C33H48N2O5. The van der Waals surface area contributed by atoms with Gasteiger partial charge >= 0.3 is 5.97 Å². The average Bonchev–Trinajstić information content (AvgIpc) is 3.80. The number of fused-ring (bicyclic) bond motifs is 1. The number of likely N-dealkylation sites (tertiary alicyclic amines) is 1. The minimum absolute atomic E-state index is 0.0374. The quantitative estimate of drug-likeness (QED) is 0.234. The van der Waals surface area contributed by atoms with Crippen LogP contribution in [0.4, 0.5) is 0 Å². The fourth-order valence-corrected chi connectivity index (χ4v) is 6.42. The number of rotatable bonds is 14. The van der Waals surface area contributed by atoms with Crippen LogP contribution in [0.1, 0.15) is 90.5 Å². The Kier molecular flexibility index (Phi) is 10.4. The molecule has 2 fully saturated rings. The maximum atomic E-state index is 14.1. The maximum Gasteiger partial charge on any atom is 0.320 e. The van der Waals surface area contributed by atoms with Crippen molar-refractivity contribution in [3.8, 4) is 0 Å². The van der Waals surface area contributed by atoms with Crippen LogP contribution in [0.5, 0.6) is 0 Å². The zero-order chi connectivity index (χ0) is 28.7. The third-order valence-electron chi connectivity index (χ3n) is 8.80. The van der Waals surface area contributed by atoms with Crippen LogP contribution in [0.15, 0.2) is 42.1 Å². The smallest absolute Gasteiger partial charge is 0.320 e. The summed E-state index contributed by atoms with van der Waals surface area (Å²) < 4.78 is 12.1. The molecule has 2 heterocycles. The van der Waals surface area contributed by atoms with E-state index in [1.54, 1.807) is 0 Å². The van der Waals surface area contributed by atoms with Crippen LogP contribution in [-0.2, 0) is 30.4 Å². The van der Waals surface area contributed by atoms with E-state index < -0.39 is 11.3 Å². The van der Waals surface area contributed by atoms with Gasteiger partial charge in [-0.3, -0.25) is 14.4 Å². The molecule has 1 aromatic rings. The van der Waals surface area contributed by atoms with Crippen molar-refractivity contribution in [2.45, 2.75) is 104 Å². The molecule has 0 radical (unpaired) electrons. The number of esters is 1. The molecule has 0 aromatic heterocycles. The molecule has 1 aliphatic carbocycles. The summed E-state index contributed by atoms with van der Waals surface area (Å²) in [4.78, 5) is 42.9. The Morgan fingerprint density at radius 1 is 1.10 bits per heavy atom. The second-order valence-corrected chi connectivity index (χ2v) is 12.2. The lowest BCUT2D eigenvalue weighted by Gasteiger charge is -2.53. The van der Waals surface area contributed by atoms with Crippen LogP contribution in [0, 0.1) is 23.2 Å². The van der Waals surface area contributed by atoms with Gasteiger partial charge in [-0.15, -0.1) is 0 Å². The fraction of sp³-hybridized carbons (Fsp3) is 0.667. The van der Waals surface area contributed by atoms with Crippen molar-refractivity contribution in [2.24, 2.45) is 23.2 Å². The average molecular weight is 553 g/mol. The molecule has 1 saturated heterocycles. The van der Waals surface area contributed by atoms with Crippen LogP contribution < -0.4 is 5.32 Å². The number of unbranched alkanes of at least 4 members (excludes halogenated alkanes) is 5. The number of hydrogen-bond acceptors (Lipinski definition) is 5. The van der Waals surface area contributed by atoms with Gasteiger partial charge in [0.25, 0.3) is 0 Å². The third-order valence-corrected chi connectivity index (χ3v) is 8.80. The van der Waals surface area contributed by atoms with E-state index in [9.17, 15) is 14.4 Å². The SMILES string of the molecule is CCCCCCCCN1C(=O)[C@@H](CC(=O)NCc2ccccc2)C[C@@]2(C(=O)OC)C1=C[C@H](C(C)C)O[C@@H]2C1CC1. The number of nitrogens with zero attached hydrogens (tertiary/aromatic N) is 1. The van der Waals surface area contributed by atoms with Crippen molar-refractivity contribution in [2.75, 3.05) is 13.7 Å². The molecule has 0 spiro atoms. The number of amides is 2. The first-order valence-electron chi connectivity index (χ1n) is 15.4. The highest BCUT2D eigenvalue weighted by Gasteiger charge is 2.63. The summed E-state index contributed by atoms with van der Waals surface area (Å²) in [5, 5.41) is 2.98. The first-order chi connectivity index (χ1) is 19.3. The number of nitrogens with one attached hydrogen (secondary N) is 1. The number of piperidine rings is 1. The summed E-state index contributed by atoms with van der Waals surface area (Å²) in [6.45, 7) is 7.37. The minimum atomic E-state index is -1.08. The van der Waals surface area contributed by atoms with Crippen molar-refractivity contribution < 1.29 is 23.9 Å². The Morgan fingerprint density at radius 2 is 1.80 bits per heavy atom. The highest BCUT2D eigenvalue weighted by atomic mass is 16.5. The Bertz CT molecular complexity index is 1050. The molecule has 7 nitrogen and oxygen atoms in total. The molecular weight excluding hydrogens is 504 g/mol. The molecule has 2 amide bonds. The number of hydrogen-bond donors (Lipinski definition) is 1. The lowest BCUT2D eigenvalue weighted by atomic mass is 9.64. The molecule has 220 valence electrons. The third kappa shape index (κ3) is 6.79. The summed E-state index contributed by atoms with van der Waals surface area (Å²) in [6.07, 6.45) is 10.4.